The highest BCUT2D eigenvalue weighted by molar-refractivity contribution is 6.29. The third kappa shape index (κ3) is 3.46. The lowest BCUT2D eigenvalue weighted by Gasteiger charge is -2.31. The number of nitrogens with zero attached hydrogens (tertiary/aromatic N) is 4. The number of likely N-dealkylation sites (tertiary alicyclic amines) is 1. The molecule has 1 fully saturated rings. The third-order valence-electron chi connectivity index (χ3n) is 4.51. The van der Waals surface area contributed by atoms with E-state index in [1.54, 1.807) is 12.1 Å². The fourth-order valence-electron chi connectivity index (χ4n) is 3.15. The van der Waals surface area contributed by atoms with Crippen molar-refractivity contribution in [3.05, 3.63) is 65.3 Å². The van der Waals surface area contributed by atoms with Crippen molar-refractivity contribution in [3.63, 3.8) is 0 Å². The zero-order valence-corrected chi connectivity index (χ0v) is 14.8. The summed E-state index contributed by atoms with van der Waals surface area (Å²) < 4.78 is 5.48. The number of carbonyl (C=O) groups excluding carboxylic acids is 1. The molecule has 132 valence electrons. The van der Waals surface area contributed by atoms with Crippen LogP contribution in [-0.4, -0.2) is 39.0 Å². The summed E-state index contributed by atoms with van der Waals surface area (Å²) in [5.74, 6) is 1.14. The van der Waals surface area contributed by atoms with Crippen LogP contribution in [0.15, 0.2) is 53.2 Å². The number of benzene rings is 1. The van der Waals surface area contributed by atoms with Gasteiger partial charge in [-0.2, -0.15) is 4.98 Å². The largest absolute Gasteiger partial charge is 0.339 e. The monoisotopic (exact) mass is 368 g/mol. The van der Waals surface area contributed by atoms with Crippen LogP contribution in [0.3, 0.4) is 0 Å². The van der Waals surface area contributed by atoms with Crippen molar-refractivity contribution in [1.82, 2.24) is 20.0 Å². The van der Waals surface area contributed by atoms with Gasteiger partial charge in [-0.1, -0.05) is 47.1 Å². The van der Waals surface area contributed by atoms with E-state index in [1.807, 2.05) is 35.2 Å². The van der Waals surface area contributed by atoms with Gasteiger partial charge in [0.05, 0.1) is 11.5 Å². The van der Waals surface area contributed by atoms with Crippen LogP contribution in [0.4, 0.5) is 0 Å². The number of piperidine rings is 1. The zero-order chi connectivity index (χ0) is 17.9. The fraction of sp³-hybridized carbons (Fsp3) is 0.263. The average molecular weight is 369 g/mol. The van der Waals surface area contributed by atoms with E-state index in [2.05, 4.69) is 15.1 Å². The first-order chi connectivity index (χ1) is 12.7. The van der Waals surface area contributed by atoms with Crippen molar-refractivity contribution >= 4 is 17.5 Å². The lowest BCUT2D eigenvalue weighted by Crippen LogP contribution is -2.39. The fourth-order valence-corrected chi connectivity index (χ4v) is 3.27. The summed E-state index contributed by atoms with van der Waals surface area (Å²) in [5, 5.41) is 4.46. The maximum Gasteiger partial charge on any atom is 0.255 e. The number of hydrogen-bond acceptors (Lipinski definition) is 5. The van der Waals surface area contributed by atoms with Crippen molar-refractivity contribution in [2.75, 3.05) is 13.1 Å². The predicted octanol–water partition coefficient (Wildman–Crippen LogP) is 3.80. The second-order valence-corrected chi connectivity index (χ2v) is 6.67. The van der Waals surface area contributed by atoms with E-state index in [-0.39, 0.29) is 11.8 Å². The van der Waals surface area contributed by atoms with Crippen LogP contribution in [0.25, 0.3) is 11.4 Å². The maximum atomic E-state index is 12.7. The molecule has 1 aromatic carbocycles. The Morgan fingerprint density at radius 3 is 2.81 bits per heavy atom. The Balaban J connectivity index is 1.49. The zero-order valence-electron chi connectivity index (χ0n) is 14.0. The number of carbonyl (C=O) groups is 1. The van der Waals surface area contributed by atoms with Crippen LogP contribution < -0.4 is 0 Å². The first kappa shape index (κ1) is 16.7. The molecule has 0 saturated carbocycles. The second-order valence-electron chi connectivity index (χ2n) is 6.28. The Labute approximate surface area is 155 Å². The smallest absolute Gasteiger partial charge is 0.255 e. The molecule has 26 heavy (non-hydrogen) atoms. The Hall–Kier alpha value is -2.73. The summed E-state index contributed by atoms with van der Waals surface area (Å²) in [5.41, 5.74) is 1.45. The second kappa shape index (κ2) is 7.25. The van der Waals surface area contributed by atoms with Crippen LogP contribution >= 0.6 is 11.6 Å². The van der Waals surface area contributed by atoms with Gasteiger partial charge in [-0.3, -0.25) is 4.79 Å². The van der Waals surface area contributed by atoms with Gasteiger partial charge in [0.2, 0.25) is 11.7 Å². The van der Waals surface area contributed by atoms with Crippen LogP contribution in [0.5, 0.6) is 0 Å². The topological polar surface area (TPSA) is 72.1 Å². The summed E-state index contributed by atoms with van der Waals surface area (Å²) in [7, 11) is 0. The molecule has 3 aromatic rings. The molecule has 1 aliphatic heterocycles. The van der Waals surface area contributed by atoms with Gasteiger partial charge in [-0.25, -0.2) is 4.98 Å². The highest BCUT2D eigenvalue weighted by Crippen LogP contribution is 2.28. The first-order valence-electron chi connectivity index (χ1n) is 8.50. The number of rotatable bonds is 3. The van der Waals surface area contributed by atoms with Gasteiger partial charge >= 0.3 is 0 Å². The summed E-state index contributed by atoms with van der Waals surface area (Å²) in [6.45, 7) is 1.26. The number of aromatic nitrogens is 3. The van der Waals surface area contributed by atoms with Gasteiger partial charge in [-0.05, 0) is 25.0 Å². The minimum atomic E-state index is -0.0540. The van der Waals surface area contributed by atoms with Crippen molar-refractivity contribution in [3.8, 4) is 11.4 Å². The molecule has 3 heterocycles. The standard InChI is InChI=1S/C19H17ClN4O2/c20-16-9-8-14(11-21-16)19(25)24-10-4-7-15(12-24)18-22-17(23-26-18)13-5-2-1-3-6-13/h1-3,5-6,8-9,11,15H,4,7,10,12H2. The predicted molar refractivity (Wildman–Crippen MR) is 96.9 cm³/mol. The lowest BCUT2D eigenvalue weighted by molar-refractivity contribution is 0.0695. The van der Waals surface area contributed by atoms with E-state index in [1.165, 1.54) is 6.20 Å². The molecule has 0 bridgehead atoms. The maximum absolute atomic E-state index is 12.7. The quantitative estimate of drug-likeness (QED) is 0.657. The van der Waals surface area contributed by atoms with Gasteiger partial charge < -0.3 is 9.42 Å². The minimum absolute atomic E-state index is 0.0397. The van der Waals surface area contributed by atoms with E-state index in [9.17, 15) is 4.79 Å². The number of amides is 1. The van der Waals surface area contributed by atoms with Gasteiger partial charge in [0.15, 0.2) is 0 Å². The summed E-state index contributed by atoms with van der Waals surface area (Å²) in [4.78, 5) is 23.0. The van der Waals surface area contributed by atoms with E-state index < -0.39 is 0 Å². The molecular formula is C19H17ClN4O2. The Bertz CT molecular complexity index is 895. The first-order valence-corrected chi connectivity index (χ1v) is 8.88. The van der Waals surface area contributed by atoms with E-state index in [0.29, 0.717) is 35.5 Å². The van der Waals surface area contributed by atoms with Gasteiger partial charge in [0.25, 0.3) is 5.91 Å². The molecular weight excluding hydrogens is 352 g/mol. The van der Waals surface area contributed by atoms with Crippen LogP contribution in [0.2, 0.25) is 5.15 Å². The molecule has 7 heteroatoms. The SMILES string of the molecule is O=C(c1ccc(Cl)nc1)N1CCCC(c2nc(-c3ccccc3)no2)C1. The Kier molecular flexibility index (Phi) is 4.67. The van der Waals surface area contributed by atoms with Crippen molar-refractivity contribution in [1.29, 1.82) is 0 Å². The molecule has 4 rings (SSSR count). The lowest BCUT2D eigenvalue weighted by atomic mass is 9.97. The average Bonchev–Trinajstić information content (AvgIpc) is 3.19. The minimum Gasteiger partial charge on any atom is -0.339 e. The van der Waals surface area contributed by atoms with Gasteiger partial charge in [-0.15, -0.1) is 0 Å². The third-order valence-corrected chi connectivity index (χ3v) is 4.73. The van der Waals surface area contributed by atoms with Crippen molar-refractivity contribution in [2.45, 2.75) is 18.8 Å². The molecule has 1 saturated heterocycles. The molecule has 0 spiro atoms. The van der Waals surface area contributed by atoms with Crippen LogP contribution in [0, 0.1) is 0 Å². The van der Waals surface area contributed by atoms with Crippen LogP contribution in [-0.2, 0) is 0 Å². The summed E-state index contributed by atoms with van der Waals surface area (Å²) >= 11 is 5.79. The normalized spacial score (nSPS) is 17.3. The molecule has 0 radical (unpaired) electrons. The molecule has 1 unspecified atom stereocenters. The molecule has 1 aliphatic rings. The van der Waals surface area contributed by atoms with E-state index >= 15 is 0 Å². The molecule has 0 aliphatic carbocycles. The molecule has 2 aromatic heterocycles. The van der Waals surface area contributed by atoms with E-state index in [0.717, 1.165) is 18.4 Å². The van der Waals surface area contributed by atoms with Gasteiger partial charge in [0.1, 0.15) is 5.15 Å². The molecule has 0 N–H and O–H groups in total. The molecule has 1 atom stereocenters. The highest BCUT2D eigenvalue weighted by atomic mass is 35.5. The summed E-state index contributed by atoms with van der Waals surface area (Å²) in [6, 6.07) is 13.0. The molecule has 1 amide bonds. The van der Waals surface area contributed by atoms with Crippen LogP contribution in [0.1, 0.15) is 35.0 Å². The van der Waals surface area contributed by atoms with Crippen molar-refractivity contribution < 1.29 is 9.32 Å². The Morgan fingerprint density at radius 2 is 2.04 bits per heavy atom. The Morgan fingerprint density at radius 1 is 1.19 bits per heavy atom. The number of halogens is 1. The molecule has 6 nitrogen and oxygen atoms in total. The number of pyridine rings is 1. The summed E-state index contributed by atoms with van der Waals surface area (Å²) in [6.07, 6.45) is 3.31. The van der Waals surface area contributed by atoms with Gasteiger partial charge in [0, 0.05) is 24.8 Å². The highest BCUT2D eigenvalue weighted by Gasteiger charge is 2.29. The number of hydrogen-bond donors (Lipinski definition) is 0. The van der Waals surface area contributed by atoms with Crippen molar-refractivity contribution in [2.24, 2.45) is 0 Å². The van der Waals surface area contributed by atoms with E-state index in [4.69, 9.17) is 16.1 Å².